The van der Waals surface area contributed by atoms with Gasteiger partial charge in [-0.05, 0) is 38.3 Å². The van der Waals surface area contributed by atoms with Crippen LogP contribution in [0.2, 0.25) is 0 Å². The molecule has 0 saturated heterocycles. The smallest absolute Gasteiger partial charge is 0.0123 e. The molecule has 0 radical (unpaired) electrons. The highest BCUT2D eigenvalue weighted by Crippen LogP contribution is 2.42. The predicted octanol–water partition coefficient (Wildman–Crippen LogP) is 3.30. The van der Waals surface area contributed by atoms with Crippen molar-refractivity contribution in [3.05, 3.63) is 0 Å². The molecule has 0 spiro atoms. The molecule has 0 N–H and O–H groups in total. The average Bonchev–Trinajstić information content (AvgIpc) is 2.27. The normalized spacial score (nSPS) is 38.4. The topological polar surface area (TPSA) is 3.24 Å². The van der Waals surface area contributed by atoms with Crippen LogP contribution < -0.4 is 0 Å². The fourth-order valence-electron chi connectivity index (χ4n) is 3.69. The molecule has 3 unspecified atom stereocenters. The molecule has 2 rings (SSSR count). The van der Waals surface area contributed by atoms with Crippen molar-refractivity contribution in [1.82, 2.24) is 4.90 Å². The van der Waals surface area contributed by atoms with Crippen LogP contribution in [0.4, 0.5) is 0 Å². The van der Waals surface area contributed by atoms with Gasteiger partial charge >= 0.3 is 0 Å². The van der Waals surface area contributed by atoms with Crippen LogP contribution in [0.3, 0.4) is 0 Å². The van der Waals surface area contributed by atoms with E-state index in [1.807, 2.05) is 0 Å². The van der Waals surface area contributed by atoms with Crippen LogP contribution in [-0.2, 0) is 0 Å². The summed E-state index contributed by atoms with van der Waals surface area (Å²) in [5, 5.41) is 0. The van der Waals surface area contributed by atoms with Gasteiger partial charge in [-0.25, -0.2) is 0 Å². The van der Waals surface area contributed by atoms with Crippen molar-refractivity contribution in [2.75, 3.05) is 13.6 Å². The lowest BCUT2D eigenvalue weighted by atomic mass is 9.68. The Hall–Kier alpha value is -0.0400. The molecular weight excluding hydrogens is 170 g/mol. The van der Waals surface area contributed by atoms with Gasteiger partial charge in [0.25, 0.3) is 0 Å². The first kappa shape index (κ1) is 10.5. The first-order chi connectivity index (χ1) is 6.83. The van der Waals surface area contributed by atoms with Gasteiger partial charge in [0.1, 0.15) is 0 Å². The van der Waals surface area contributed by atoms with Crippen LogP contribution in [0.5, 0.6) is 0 Å². The molecule has 0 aromatic heterocycles. The number of nitrogens with zero attached hydrogens (tertiary/aromatic N) is 1. The molecule has 14 heavy (non-hydrogen) atoms. The van der Waals surface area contributed by atoms with E-state index in [-0.39, 0.29) is 0 Å². The first-order valence-electron chi connectivity index (χ1n) is 6.53. The molecule has 2 aliphatic carbocycles. The minimum Gasteiger partial charge on any atom is -0.303 e. The van der Waals surface area contributed by atoms with Crippen LogP contribution in [0, 0.1) is 11.8 Å². The van der Waals surface area contributed by atoms with Gasteiger partial charge < -0.3 is 4.90 Å². The highest BCUT2D eigenvalue weighted by atomic mass is 15.1. The van der Waals surface area contributed by atoms with Crippen molar-refractivity contribution in [2.45, 2.75) is 57.9 Å². The SMILES string of the molecule is CCN(C)C1CCCC2CCCCC21. The zero-order valence-corrected chi connectivity index (χ0v) is 9.84. The molecule has 1 nitrogen and oxygen atoms in total. The van der Waals surface area contributed by atoms with Crippen molar-refractivity contribution in [1.29, 1.82) is 0 Å². The van der Waals surface area contributed by atoms with E-state index < -0.39 is 0 Å². The summed E-state index contributed by atoms with van der Waals surface area (Å²) >= 11 is 0. The van der Waals surface area contributed by atoms with Crippen molar-refractivity contribution < 1.29 is 0 Å². The maximum atomic E-state index is 2.60. The molecule has 0 bridgehead atoms. The standard InChI is InChI=1S/C13H25N/c1-3-14(2)13-10-6-8-11-7-4-5-9-12(11)13/h11-13H,3-10H2,1-2H3. The van der Waals surface area contributed by atoms with Gasteiger partial charge in [-0.1, -0.05) is 39.0 Å². The average molecular weight is 195 g/mol. The summed E-state index contributed by atoms with van der Waals surface area (Å²) < 4.78 is 0. The van der Waals surface area contributed by atoms with E-state index in [0.717, 1.165) is 17.9 Å². The predicted molar refractivity (Wildman–Crippen MR) is 61.4 cm³/mol. The molecule has 2 fully saturated rings. The van der Waals surface area contributed by atoms with Gasteiger partial charge in [0.15, 0.2) is 0 Å². The molecule has 2 aliphatic rings. The Labute approximate surface area is 88.9 Å². The van der Waals surface area contributed by atoms with Crippen LogP contribution in [-0.4, -0.2) is 24.5 Å². The number of rotatable bonds is 2. The van der Waals surface area contributed by atoms with Crippen LogP contribution in [0.15, 0.2) is 0 Å². The summed E-state index contributed by atoms with van der Waals surface area (Å²) in [7, 11) is 2.32. The monoisotopic (exact) mass is 195 g/mol. The van der Waals surface area contributed by atoms with E-state index in [4.69, 9.17) is 0 Å². The second-order valence-electron chi connectivity index (χ2n) is 5.28. The zero-order valence-electron chi connectivity index (χ0n) is 9.84. The molecule has 1 heteroatoms. The molecule has 0 amide bonds. The minimum atomic E-state index is 0.916. The van der Waals surface area contributed by atoms with Gasteiger partial charge in [-0.2, -0.15) is 0 Å². The Morgan fingerprint density at radius 2 is 1.71 bits per heavy atom. The first-order valence-corrected chi connectivity index (χ1v) is 6.53. The molecule has 0 heterocycles. The van der Waals surface area contributed by atoms with E-state index in [1.165, 1.54) is 51.5 Å². The summed E-state index contributed by atoms with van der Waals surface area (Å²) in [4.78, 5) is 2.60. The molecule has 0 aromatic carbocycles. The Bertz CT molecular complexity index is 174. The zero-order chi connectivity index (χ0) is 9.97. The number of hydrogen-bond acceptors (Lipinski definition) is 1. The third-order valence-electron chi connectivity index (χ3n) is 4.60. The summed E-state index contributed by atoms with van der Waals surface area (Å²) in [6, 6.07) is 0.916. The summed E-state index contributed by atoms with van der Waals surface area (Å²) in [6.07, 6.45) is 10.5. The Morgan fingerprint density at radius 3 is 2.50 bits per heavy atom. The second kappa shape index (κ2) is 4.65. The molecule has 0 aromatic rings. The molecule has 3 atom stereocenters. The minimum absolute atomic E-state index is 0.916. The molecule has 82 valence electrons. The van der Waals surface area contributed by atoms with Gasteiger partial charge in [-0.3, -0.25) is 0 Å². The molecular formula is C13H25N. The lowest BCUT2D eigenvalue weighted by Gasteiger charge is -2.45. The van der Waals surface area contributed by atoms with E-state index >= 15 is 0 Å². The van der Waals surface area contributed by atoms with Gasteiger partial charge in [0.2, 0.25) is 0 Å². The maximum Gasteiger partial charge on any atom is 0.0123 e. The quantitative estimate of drug-likeness (QED) is 0.653. The molecule has 0 aliphatic heterocycles. The van der Waals surface area contributed by atoms with E-state index in [0.29, 0.717) is 0 Å². The van der Waals surface area contributed by atoms with E-state index in [2.05, 4.69) is 18.9 Å². The highest BCUT2D eigenvalue weighted by Gasteiger charge is 2.35. The van der Waals surface area contributed by atoms with Crippen molar-refractivity contribution in [2.24, 2.45) is 11.8 Å². The van der Waals surface area contributed by atoms with Gasteiger partial charge in [0, 0.05) is 6.04 Å². The van der Waals surface area contributed by atoms with Crippen molar-refractivity contribution in [3.8, 4) is 0 Å². The fraction of sp³-hybridized carbons (Fsp3) is 1.00. The Morgan fingerprint density at radius 1 is 1.00 bits per heavy atom. The van der Waals surface area contributed by atoms with E-state index in [9.17, 15) is 0 Å². The third-order valence-corrected chi connectivity index (χ3v) is 4.60. The highest BCUT2D eigenvalue weighted by molar-refractivity contribution is 4.89. The van der Waals surface area contributed by atoms with Gasteiger partial charge in [-0.15, -0.1) is 0 Å². The third kappa shape index (κ3) is 1.98. The largest absolute Gasteiger partial charge is 0.303 e. The fourth-order valence-corrected chi connectivity index (χ4v) is 3.69. The van der Waals surface area contributed by atoms with Crippen molar-refractivity contribution >= 4 is 0 Å². The van der Waals surface area contributed by atoms with E-state index in [1.54, 1.807) is 0 Å². The van der Waals surface area contributed by atoms with Gasteiger partial charge in [0.05, 0.1) is 0 Å². The molecule has 2 saturated carbocycles. The lowest BCUT2D eigenvalue weighted by Crippen LogP contribution is -2.44. The summed E-state index contributed by atoms with van der Waals surface area (Å²) in [5.41, 5.74) is 0. The number of fused-ring (bicyclic) bond motifs is 1. The maximum absolute atomic E-state index is 2.60. The van der Waals surface area contributed by atoms with Crippen LogP contribution >= 0.6 is 0 Å². The summed E-state index contributed by atoms with van der Waals surface area (Å²) in [5.74, 6) is 2.12. The Kier molecular flexibility index (Phi) is 3.48. The van der Waals surface area contributed by atoms with Crippen molar-refractivity contribution in [3.63, 3.8) is 0 Å². The summed E-state index contributed by atoms with van der Waals surface area (Å²) in [6.45, 7) is 3.53. The van der Waals surface area contributed by atoms with Crippen LogP contribution in [0.25, 0.3) is 0 Å². The Balaban J connectivity index is 2.01. The number of hydrogen-bond donors (Lipinski definition) is 0. The lowest BCUT2D eigenvalue weighted by molar-refractivity contribution is 0.0587. The second-order valence-corrected chi connectivity index (χ2v) is 5.28. The van der Waals surface area contributed by atoms with Crippen LogP contribution in [0.1, 0.15) is 51.9 Å².